The highest BCUT2D eigenvalue weighted by molar-refractivity contribution is 5.62. The zero-order valence-electron chi connectivity index (χ0n) is 11.7. The molecule has 1 aromatic heterocycles. The Bertz CT molecular complexity index is 657. The van der Waals surface area contributed by atoms with Crippen LogP contribution in [-0.4, -0.2) is 21.4 Å². The van der Waals surface area contributed by atoms with Crippen LogP contribution in [0.15, 0.2) is 23.0 Å². The first-order valence-corrected chi connectivity index (χ1v) is 7.21. The van der Waals surface area contributed by atoms with Gasteiger partial charge in [0.15, 0.2) is 5.82 Å². The van der Waals surface area contributed by atoms with Crippen molar-refractivity contribution in [1.29, 1.82) is 0 Å². The van der Waals surface area contributed by atoms with E-state index in [-0.39, 0.29) is 5.69 Å². The van der Waals surface area contributed by atoms with Crippen molar-refractivity contribution in [1.82, 2.24) is 14.8 Å². The van der Waals surface area contributed by atoms with Crippen LogP contribution < -0.4 is 10.4 Å². The Morgan fingerprint density at radius 2 is 2.35 bits per heavy atom. The van der Waals surface area contributed by atoms with Gasteiger partial charge in [-0.2, -0.15) is 5.10 Å². The molecule has 1 N–H and O–H groups in total. The number of aromatic nitrogens is 3. The Labute approximate surface area is 117 Å². The van der Waals surface area contributed by atoms with Crippen molar-refractivity contribution in [2.75, 3.05) is 6.61 Å². The van der Waals surface area contributed by atoms with Crippen LogP contribution in [0.25, 0.3) is 11.4 Å². The van der Waals surface area contributed by atoms with Gasteiger partial charge in [0, 0.05) is 12.1 Å². The number of nitrogens with one attached hydrogen (secondary N) is 1. The molecule has 1 aliphatic rings. The first-order chi connectivity index (χ1) is 9.79. The van der Waals surface area contributed by atoms with Crippen LogP contribution in [0.3, 0.4) is 0 Å². The first-order valence-electron chi connectivity index (χ1n) is 7.21. The fraction of sp³-hybridized carbons (Fsp3) is 0.467. The Hall–Kier alpha value is -2.04. The van der Waals surface area contributed by atoms with E-state index < -0.39 is 0 Å². The fourth-order valence-electron chi connectivity index (χ4n) is 2.58. The van der Waals surface area contributed by atoms with E-state index in [2.05, 4.69) is 23.2 Å². The Kier molecular flexibility index (Phi) is 3.58. The molecule has 0 unspecified atom stereocenters. The summed E-state index contributed by atoms with van der Waals surface area (Å²) in [6.07, 6.45) is 4.08. The minimum atomic E-state index is -0.129. The van der Waals surface area contributed by atoms with E-state index in [9.17, 15) is 4.79 Å². The number of H-pyrrole nitrogens is 1. The monoisotopic (exact) mass is 273 g/mol. The molecule has 0 saturated carbocycles. The van der Waals surface area contributed by atoms with E-state index in [1.54, 1.807) is 4.57 Å². The number of aryl methyl sites for hydroxylation is 1. The molecule has 5 nitrogen and oxygen atoms in total. The summed E-state index contributed by atoms with van der Waals surface area (Å²) in [5, 5.41) is 6.68. The second kappa shape index (κ2) is 5.53. The van der Waals surface area contributed by atoms with Crippen LogP contribution in [0.4, 0.5) is 0 Å². The third-order valence-electron chi connectivity index (χ3n) is 3.67. The highest BCUT2D eigenvalue weighted by Gasteiger charge is 2.18. The topological polar surface area (TPSA) is 59.9 Å². The lowest BCUT2D eigenvalue weighted by atomic mass is 10.0. The summed E-state index contributed by atoms with van der Waals surface area (Å²) < 4.78 is 7.46. The molecule has 5 heteroatoms. The second-order valence-electron chi connectivity index (χ2n) is 5.13. The van der Waals surface area contributed by atoms with Gasteiger partial charge < -0.3 is 4.74 Å². The number of hydrogen-bond acceptors (Lipinski definition) is 3. The van der Waals surface area contributed by atoms with Crippen molar-refractivity contribution in [2.24, 2.45) is 0 Å². The number of rotatable bonds is 4. The standard InChI is InChI=1S/C15H19N3O2/c1-2-3-9-20-12-6-7-13-11(10-12)5-4-8-18-14(13)16-17-15(18)19/h6-7,10H,2-5,8-9H2,1H3,(H,17,19). The Balaban J connectivity index is 1.93. The van der Waals surface area contributed by atoms with Gasteiger partial charge in [-0.05, 0) is 43.0 Å². The van der Waals surface area contributed by atoms with Gasteiger partial charge in [0.1, 0.15) is 5.75 Å². The molecular weight excluding hydrogens is 254 g/mol. The molecular formula is C15H19N3O2. The quantitative estimate of drug-likeness (QED) is 0.870. The van der Waals surface area contributed by atoms with E-state index in [0.29, 0.717) is 6.54 Å². The van der Waals surface area contributed by atoms with Gasteiger partial charge >= 0.3 is 5.69 Å². The van der Waals surface area contributed by atoms with Gasteiger partial charge in [0.25, 0.3) is 0 Å². The van der Waals surface area contributed by atoms with E-state index in [4.69, 9.17) is 4.74 Å². The molecule has 0 amide bonds. The number of ether oxygens (including phenoxy) is 1. The summed E-state index contributed by atoms with van der Waals surface area (Å²) in [7, 11) is 0. The minimum absolute atomic E-state index is 0.129. The van der Waals surface area contributed by atoms with Gasteiger partial charge in [-0.25, -0.2) is 9.89 Å². The average Bonchev–Trinajstić information content (AvgIpc) is 2.71. The molecule has 20 heavy (non-hydrogen) atoms. The van der Waals surface area contributed by atoms with Crippen molar-refractivity contribution in [3.63, 3.8) is 0 Å². The molecule has 1 aromatic carbocycles. The predicted molar refractivity (Wildman–Crippen MR) is 77.0 cm³/mol. The van der Waals surface area contributed by atoms with Crippen molar-refractivity contribution in [2.45, 2.75) is 39.2 Å². The lowest BCUT2D eigenvalue weighted by Gasteiger charge is -2.09. The van der Waals surface area contributed by atoms with Crippen molar-refractivity contribution in [3.05, 3.63) is 34.2 Å². The lowest BCUT2D eigenvalue weighted by Crippen LogP contribution is -2.16. The highest BCUT2D eigenvalue weighted by atomic mass is 16.5. The number of fused-ring (bicyclic) bond motifs is 3. The van der Waals surface area contributed by atoms with Crippen molar-refractivity contribution < 1.29 is 4.74 Å². The van der Waals surface area contributed by atoms with Gasteiger partial charge in [-0.1, -0.05) is 13.3 Å². The highest BCUT2D eigenvalue weighted by Crippen LogP contribution is 2.29. The molecule has 106 valence electrons. The van der Waals surface area contributed by atoms with Crippen LogP contribution >= 0.6 is 0 Å². The van der Waals surface area contributed by atoms with E-state index in [1.807, 2.05) is 12.1 Å². The van der Waals surface area contributed by atoms with Gasteiger partial charge in [0.2, 0.25) is 0 Å². The maximum Gasteiger partial charge on any atom is 0.343 e. The third-order valence-corrected chi connectivity index (χ3v) is 3.67. The molecule has 0 saturated heterocycles. The summed E-state index contributed by atoms with van der Waals surface area (Å²) in [5.41, 5.74) is 2.11. The number of aromatic amines is 1. The Morgan fingerprint density at radius 1 is 1.45 bits per heavy atom. The van der Waals surface area contributed by atoms with E-state index in [0.717, 1.165) is 49.4 Å². The van der Waals surface area contributed by atoms with E-state index in [1.165, 1.54) is 5.56 Å². The predicted octanol–water partition coefficient (Wildman–Crippen LogP) is 2.36. The summed E-state index contributed by atoms with van der Waals surface area (Å²) in [6, 6.07) is 6.05. The lowest BCUT2D eigenvalue weighted by molar-refractivity contribution is 0.309. The zero-order valence-corrected chi connectivity index (χ0v) is 11.7. The molecule has 1 aliphatic heterocycles. The van der Waals surface area contributed by atoms with Gasteiger partial charge in [-0.15, -0.1) is 0 Å². The van der Waals surface area contributed by atoms with E-state index >= 15 is 0 Å². The SMILES string of the molecule is CCCCOc1ccc2c(c1)CCCn1c-2n[nH]c1=O. The zero-order chi connectivity index (χ0) is 13.9. The van der Waals surface area contributed by atoms with Crippen LogP contribution in [0.2, 0.25) is 0 Å². The van der Waals surface area contributed by atoms with Crippen LogP contribution in [0, 0.1) is 0 Å². The molecule has 2 heterocycles. The van der Waals surface area contributed by atoms with Crippen molar-refractivity contribution in [3.8, 4) is 17.1 Å². The summed E-state index contributed by atoms with van der Waals surface area (Å²) in [6.45, 7) is 3.62. The third kappa shape index (κ3) is 2.35. The molecule has 0 fully saturated rings. The van der Waals surface area contributed by atoms with Crippen molar-refractivity contribution >= 4 is 0 Å². The number of hydrogen-bond donors (Lipinski definition) is 1. The van der Waals surface area contributed by atoms with Crippen LogP contribution in [0.1, 0.15) is 31.7 Å². The molecule has 3 rings (SSSR count). The number of nitrogens with zero attached hydrogens (tertiary/aromatic N) is 2. The summed E-state index contributed by atoms with van der Waals surface area (Å²) in [4.78, 5) is 11.7. The smallest absolute Gasteiger partial charge is 0.343 e. The minimum Gasteiger partial charge on any atom is -0.494 e. The molecule has 2 aromatic rings. The van der Waals surface area contributed by atoms with Crippen LogP contribution in [0.5, 0.6) is 5.75 Å². The summed E-state index contributed by atoms with van der Waals surface area (Å²) in [5.74, 6) is 1.64. The first kappa shape index (κ1) is 13.0. The fourth-order valence-corrected chi connectivity index (χ4v) is 2.58. The number of benzene rings is 1. The molecule has 0 aliphatic carbocycles. The van der Waals surface area contributed by atoms with Gasteiger partial charge in [0.05, 0.1) is 6.61 Å². The molecule has 0 atom stereocenters. The Morgan fingerprint density at radius 3 is 3.20 bits per heavy atom. The van der Waals surface area contributed by atoms with Gasteiger partial charge in [-0.3, -0.25) is 4.57 Å². The largest absolute Gasteiger partial charge is 0.494 e. The van der Waals surface area contributed by atoms with Crippen LogP contribution in [-0.2, 0) is 13.0 Å². The molecule has 0 radical (unpaired) electrons. The summed E-state index contributed by atoms with van der Waals surface area (Å²) >= 11 is 0. The average molecular weight is 273 g/mol. The molecule has 0 spiro atoms. The maximum absolute atomic E-state index is 11.7. The maximum atomic E-state index is 11.7. The molecule has 0 bridgehead atoms. The normalized spacial score (nSPS) is 13.4. The second-order valence-corrected chi connectivity index (χ2v) is 5.13. The number of unbranched alkanes of at least 4 members (excludes halogenated alkanes) is 1.